The van der Waals surface area contributed by atoms with E-state index in [1.807, 2.05) is 0 Å². The second-order valence-electron chi connectivity index (χ2n) is 6.38. The van der Waals surface area contributed by atoms with Crippen molar-refractivity contribution in [3.8, 4) is 0 Å². The smallest absolute Gasteiger partial charge is 0.326 e. The first kappa shape index (κ1) is 27.2. The highest BCUT2D eigenvalue weighted by Gasteiger charge is 2.69. The molecule has 0 aromatic rings. The SMILES string of the molecule is CCCCCCCCCCC(OC)(OC)C(OC)(OC)C(OC)(O[Si])O[Si]. The molecule has 0 heterocycles. The van der Waals surface area contributed by atoms with Gasteiger partial charge in [0.2, 0.25) is 5.79 Å². The van der Waals surface area contributed by atoms with Crippen molar-refractivity contribution in [3.63, 3.8) is 0 Å². The Labute approximate surface area is 171 Å². The van der Waals surface area contributed by atoms with Crippen LogP contribution in [0.3, 0.4) is 0 Å². The van der Waals surface area contributed by atoms with E-state index < -0.39 is 17.5 Å². The lowest BCUT2D eigenvalue weighted by Gasteiger charge is -2.52. The predicted molar refractivity (Wildman–Crippen MR) is 104 cm³/mol. The van der Waals surface area contributed by atoms with Gasteiger partial charge < -0.3 is 32.5 Å². The van der Waals surface area contributed by atoms with E-state index in [2.05, 4.69) is 27.9 Å². The quantitative estimate of drug-likeness (QED) is 0.192. The van der Waals surface area contributed by atoms with Gasteiger partial charge in [-0.2, -0.15) is 0 Å². The third kappa shape index (κ3) is 6.07. The van der Waals surface area contributed by atoms with Gasteiger partial charge in [0.25, 0.3) is 21.0 Å². The van der Waals surface area contributed by atoms with Crippen molar-refractivity contribution in [1.29, 1.82) is 0 Å². The summed E-state index contributed by atoms with van der Waals surface area (Å²) in [6.07, 6.45) is 9.86. The topological polar surface area (TPSA) is 64.6 Å². The Hall–Kier alpha value is 0.154. The summed E-state index contributed by atoms with van der Waals surface area (Å²) in [5, 5.41) is 0. The largest absolute Gasteiger partial charge is 0.367 e. The van der Waals surface area contributed by atoms with E-state index in [4.69, 9.17) is 32.5 Å². The molecule has 0 rings (SSSR count). The zero-order valence-electron chi connectivity index (χ0n) is 17.7. The van der Waals surface area contributed by atoms with E-state index in [1.165, 1.54) is 67.7 Å². The molecule has 0 spiro atoms. The van der Waals surface area contributed by atoms with E-state index >= 15 is 0 Å². The number of unbranched alkanes of at least 4 members (excludes halogenated alkanes) is 7. The molecule has 9 heteroatoms. The van der Waals surface area contributed by atoms with Crippen LogP contribution in [0.2, 0.25) is 0 Å². The van der Waals surface area contributed by atoms with Gasteiger partial charge in [-0.05, 0) is 6.42 Å². The van der Waals surface area contributed by atoms with E-state index in [-0.39, 0.29) is 0 Å². The Morgan fingerprint density at radius 2 is 1.04 bits per heavy atom. The van der Waals surface area contributed by atoms with Crippen LogP contribution in [0.5, 0.6) is 0 Å². The molecule has 0 aromatic carbocycles. The highest BCUT2D eigenvalue weighted by atomic mass is 28.2. The summed E-state index contributed by atoms with van der Waals surface area (Å²) in [5.74, 6) is -4.91. The Balaban J connectivity index is 5.24. The summed E-state index contributed by atoms with van der Waals surface area (Å²) in [4.78, 5) is 0. The van der Waals surface area contributed by atoms with Crippen molar-refractivity contribution in [2.75, 3.05) is 35.5 Å². The van der Waals surface area contributed by atoms with Crippen molar-refractivity contribution >= 4 is 21.0 Å². The van der Waals surface area contributed by atoms with Gasteiger partial charge >= 0.3 is 11.8 Å². The maximum Gasteiger partial charge on any atom is 0.326 e. The zero-order chi connectivity index (χ0) is 20.8. The average molecular weight is 421 g/mol. The lowest BCUT2D eigenvalue weighted by atomic mass is 9.94. The molecule has 0 atom stereocenters. The molecule has 0 N–H and O–H groups in total. The molecule has 0 aliphatic rings. The Morgan fingerprint density at radius 3 is 1.37 bits per heavy atom. The minimum atomic E-state index is -1.85. The fraction of sp³-hybridized carbons (Fsp3) is 1.00. The van der Waals surface area contributed by atoms with E-state index in [1.54, 1.807) is 0 Å². The van der Waals surface area contributed by atoms with Gasteiger partial charge in [-0.1, -0.05) is 51.9 Å². The van der Waals surface area contributed by atoms with Crippen LogP contribution in [0.1, 0.15) is 64.7 Å². The summed E-state index contributed by atoms with van der Waals surface area (Å²) < 4.78 is 38.9. The average Bonchev–Trinajstić information content (AvgIpc) is 2.72. The van der Waals surface area contributed by atoms with Gasteiger partial charge in [0.1, 0.15) is 0 Å². The summed E-state index contributed by atoms with van der Waals surface area (Å²) in [6, 6.07) is 0. The molecule has 0 fully saturated rings. The number of hydrogen-bond acceptors (Lipinski definition) is 7. The first-order valence-corrected chi connectivity index (χ1v) is 10.3. The molecule has 27 heavy (non-hydrogen) atoms. The molecule has 0 bridgehead atoms. The first-order valence-electron chi connectivity index (χ1n) is 9.44. The molecule has 0 aromatic heterocycles. The van der Waals surface area contributed by atoms with Crippen LogP contribution in [-0.4, -0.2) is 74.1 Å². The minimum Gasteiger partial charge on any atom is -0.367 e. The minimum absolute atomic E-state index is 0.479. The maximum absolute atomic E-state index is 5.75. The van der Waals surface area contributed by atoms with Crippen LogP contribution in [0.15, 0.2) is 0 Å². The zero-order valence-corrected chi connectivity index (χ0v) is 19.7. The lowest BCUT2D eigenvalue weighted by molar-refractivity contribution is -0.510. The summed E-state index contributed by atoms with van der Waals surface area (Å²) in [7, 11) is 13.3. The monoisotopic (exact) mass is 420 g/mol. The predicted octanol–water partition coefficient (Wildman–Crippen LogP) is 3.00. The van der Waals surface area contributed by atoms with Crippen molar-refractivity contribution < 1.29 is 32.5 Å². The lowest BCUT2D eigenvalue weighted by Crippen LogP contribution is -2.73. The van der Waals surface area contributed by atoms with Gasteiger partial charge in [-0.3, -0.25) is 0 Å². The van der Waals surface area contributed by atoms with Crippen LogP contribution in [0.4, 0.5) is 0 Å². The van der Waals surface area contributed by atoms with E-state index in [9.17, 15) is 0 Å². The maximum atomic E-state index is 5.75. The molecular weight excluding hydrogens is 384 g/mol. The summed E-state index contributed by atoms with van der Waals surface area (Å²) in [6.45, 7) is 2.22. The Kier molecular flexibility index (Phi) is 14.3. The summed E-state index contributed by atoms with van der Waals surface area (Å²) in [5.41, 5.74) is 0. The third-order valence-electron chi connectivity index (χ3n) is 5.04. The number of hydrogen-bond donors (Lipinski definition) is 0. The molecule has 0 saturated carbocycles. The van der Waals surface area contributed by atoms with Crippen LogP contribution < -0.4 is 0 Å². The van der Waals surface area contributed by atoms with Gasteiger partial charge in [0.15, 0.2) is 0 Å². The van der Waals surface area contributed by atoms with Gasteiger partial charge in [-0.15, -0.1) is 0 Å². The number of ether oxygens (including phenoxy) is 5. The van der Waals surface area contributed by atoms with Crippen molar-refractivity contribution in [1.82, 2.24) is 0 Å². The fourth-order valence-corrected chi connectivity index (χ4v) is 4.06. The molecule has 0 unspecified atom stereocenters. The molecular formula is C18H36O7Si2. The molecule has 158 valence electrons. The van der Waals surface area contributed by atoms with Crippen molar-refractivity contribution in [3.05, 3.63) is 0 Å². The van der Waals surface area contributed by atoms with Crippen LogP contribution >= 0.6 is 0 Å². The molecule has 0 aliphatic carbocycles. The molecule has 6 radical (unpaired) electrons. The van der Waals surface area contributed by atoms with E-state index in [0.717, 1.165) is 19.3 Å². The Bertz CT molecular complexity index is 351. The van der Waals surface area contributed by atoms with Gasteiger partial charge in [-0.25, -0.2) is 0 Å². The van der Waals surface area contributed by atoms with Gasteiger partial charge in [0, 0.05) is 42.0 Å². The fourth-order valence-electron chi connectivity index (χ4n) is 3.46. The van der Waals surface area contributed by atoms with Crippen molar-refractivity contribution in [2.45, 2.75) is 82.3 Å². The molecule has 0 aliphatic heterocycles. The summed E-state index contributed by atoms with van der Waals surface area (Å²) >= 11 is 0. The normalized spacial score (nSPS) is 13.3. The van der Waals surface area contributed by atoms with Gasteiger partial charge in [0.05, 0.1) is 0 Å². The Morgan fingerprint density at radius 1 is 0.593 bits per heavy atom. The first-order chi connectivity index (χ1) is 13.0. The van der Waals surface area contributed by atoms with Crippen LogP contribution in [0.25, 0.3) is 0 Å². The number of rotatable bonds is 18. The second-order valence-corrected chi connectivity index (χ2v) is 6.78. The molecule has 7 nitrogen and oxygen atoms in total. The standard InChI is InChI=1S/C18H36O7Si2/c1-7-8-9-10-11-12-13-14-15-16(19-2,20-3)17(21-4,22-5)18(23-6,24-26)25-27/h7-15H2,1-6H3. The van der Waals surface area contributed by atoms with E-state index in [0.29, 0.717) is 6.42 Å². The second kappa shape index (κ2) is 14.2. The van der Waals surface area contributed by atoms with Crippen LogP contribution in [0, 0.1) is 0 Å². The highest BCUT2D eigenvalue weighted by Crippen LogP contribution is 2.45. The molecule has 0 amide bonds. The number of methoxy groups -OCH3 is 5. The third-order valence-corrected chi connectivity index (χ3v) is 5.57. The van der Waals surface area contributed by atoms with Crippen LogP contribution in [-0.2, 0) is 32.5 Å². The highest BCUT2D eigenvalue weighted by molar-refractivity contribution is 6.00. The molecule has 0 saturated heterocycles. The van der Waals surface area contributed by atoms with Crippen molar-refractivity contribution in [2.24, 2.45) is 0 Å².